The number of methoxy groups -OCH3 is 1. The van der Waals surface area contributed by atoms with Crippen LogP contribution in [-0.4, -0.2) is 48.2 Å². The lowest BCUT2D eigenvalue weighted by atomic mass is 10.2. The molecule has 2 aromatic rings. The Bertz CT molecular complexity index is 598. The summed E-state index contributed by atoms with van der Waals surface area (Å²) in [5, 5.41) is 0. The van der Waals surface area contributed by atoms with Crippen molar-refractivity contribution in [3.8, 4) is 6.01 Å². The molecule has 21 heavy (non-hydrogen) atoms. The van der Waals surface area contributed by atoms with Gasteiger partial charge in [0, 0.05) is 31.9 Å². The van der Waals surface area contributed by atoms with Gasteiger partial charge >= 0.3 is 6.01 Å². The van der Waals surface area contributed by atoms with Gasteiger partial charge in [0.1, 0.15) is 0 Å². The van der Waals surface area contributed by atoms with Crippen LogP contribution in [0.4, 0.5) is 17.6 Å². The molecule has 1 aromatic heterocycles. The van der Waals surface area contributed by atoms with Crippen LogP contribution in [0.25, 0.3) is 0 Å². The maximum absolute atomic E-state index is 5.68. The second-order valence-electron chi connectivity index (χ2n) is 4.79. The minimum atomic E-state index is 0.183. The van der Waals surface area contributed by atoms with Crippen LogP contribution in [0, 0.1) is 0 Å². The van der Waals surface area contributed by atoms with Crippen molar-refractivity contribution in [1.29, 1.82) is 0 Å². The standard InChI is InChI=1S/C14H18N6O/c1-21-14-17-12(15)16-13(18-14)20-9-7-19(8-10-20)11-5-3-2-4-6-11/h2-6H,7-10H2,1H3,(H2,15,16,17,18). The highest BCUT2D eigenvalue weighted by atomic mass is 16.5. The second kappa shape index (κ2) is 5.82. The smallest absolute Gasteiger partial charge is 0.322 e. The van der Waals surface area contributed by atoms with Crippen LogP contribution >= 0.6 is 0 Å². The Hall–Kier alpha value is -2.57. The zero-order chi connectivity index (χ0) is 14.7. The first-order valence-corrected chi connectivity index (χ1v) is 6.87. The van der Waals surface area contributed by atoms with Gasteiger partial charge in [-0.2, -0.15) is 15.0 Å². The van der Waals surface area contributed by atoms with Crippen LogP contribution in [0.15, 0.2) is 30.3 Å². The molecular formula is C14H18N6O. The monoisotopic (exact) mass is 286 g/mol. The number of ether oxygens (including phenoxy) is 1. The van der Waals surface area contributed by atoms with Crippen molar-refractivity contribution < 1.29 is 4.74 Å². The third-order valence-corrected chi connectivity index (χ3v) is 3.49. The highest BCUT2D eigenvalue weighted by molar-refractivity contribution is 5.48. The van der Waals surface area contributed by atoms with Gasteiger partial charge in [0.2, 0.25) is 11.9 Å². The zero-order valence-corrected chi connectivity index (χ0v) is 11.9. The molecule has 0 radical (unpaired) electrons. The summed E-state index contributed by atoms with van der Waals surface area (Å²) in [5.41, 5.74) is 6.92. The van der Waals surface area contributed by atoms with E-state index in [0.717, 1.165) is 26.2 Å². The van der Waals surface area contributed by atoms with Crippen molar-refractivity contribution in [1.82, 2.24) is 15.0 Å². The maximum atomic E-state index is 5.68. The molecule has 1 aliphatic rings. The Morgan fingerprint density at radius 3 is 2.29 bits per heavy atom. The summed E-state index contributed by atoms with van der Waals surface area (Å²) < 4.78 is 5.04. The van der Waals surface area contributed by atoms with Crippen molar-refractivity contribution in [3.63, 3.8) is 0 Å². The van der Waals surface area contributed by atoms with Crippen LogP contribution in [0.5, 0.6) is 6.01 Å². The summed E-state index contributed by atoms with van der Waals surface area (Å²) in [4.78, 5) is 16.8. The molecule has 0 saturated carbocycles. The van der Waals surface area contributed by atoms with Crippen molar-refractivity contribution in [2.45, 2.75) is 0 Å². The first-order valence-electron chi connectivity index (χ1n) is 6.87. The fourth-order valence-corrected chi connectivity index (χ4v) is 2.40. The molecule has 0 bridgehead atoms. The lowest BCUT2D eigenvalue weighted by Crippen LogP contribution is -2.47. The number of nitrogens with two attached hydrogens (primary N) is 1. The molecule has 0 aliphatic carbocycles. The third kappa shape index (κ3) is 2.96. The van der Waals surface area contributed by atoms with Crippen molar-refractivity contribution in [2.24, 2.45) is 0 Å². The molecule has 2 heterocycles. The largest absolute Gasteiger partial charge is 0.467 e. The Morgan fingerprint density at radius 1 is 0.952 bits per heavy atom. The van der Waals surface area contributed by atoms with E-state index in [9.17, 15) is 0 Å². The average molecular weight is 286 g/mol. The van der Waals surface area contributed by atoms with Crippen LogP contribution < -0.4 is 20.3 Å². The molecule has 1 aromatic carbocycles. The number of para-hydroxylation sites is 1. The van der Waals surface area contributed by atoms with Crippen molar-refractivity contribution in [2.75, 3.05) is 48.8 Å². The van der Waals surface area contributed by atoms with Crippen molar-refractivity contribution >= 4 is 17.6 Å². The molecule has 0 unspecified atom stereocenters. The van der Waals surface area contributed by atoms with Gasteiger partial charge in [-0.05, 0) is 12.1 Å². The van der Waals surface area contributed by atoms with Gasteiger partial charge in [-0.1, -0.05) is 18.2 Å². The zero-order valence-electron chi connectivity index (χ0n) is 11.9. The lowest BCUT2D eigenvalue weighted by Gasteiger charge is -2.36. The second-order valence-corrected chi connectivity index (χ2v) is 4.79. The van der Waals surface area contributed by atoms with Crippen LogP contribution in [0.3, 0.4) is 0 Å². The number of nitrogen functional groups attached to an aromatic ring is 1. The highest BCUT2D eigenvalue weighted by Gasteiger charge is 2.20. The van der Waals surface area contributed by atoms with E-state index in [0.29, 0.717) is 5.95 Å². The number of aromatic nitrogens is 3. The predicted octanol–water partition coefficient (Wildman–Crippen LogP) is 0.789. The van der Waals surface area contributed by atoms with E-state index in [1.165, 1.54) is 12.8 Å². The summed E-state index contributed by atoms with van der Waals surface area (Å²) in [5.74, 6) is 0.759. The van der Waals surface area contributed by atoms with Gasteiger partial charge in [-0.3, -0.25) is 0 Å². The minimum Gasteiger partial charge on any atom is -0.467 e. The van der Waals surface area contributed by atoms with Gasteiger partial charge < -0.3 is 20.3 Å². The number of rotatable bonds is 3. The van der Waals surface area contributed by atoms with E-state index in [1.807, 2.05) is 6.07 Å². The quantitative estimate of drug-likeness (QED) is 0.893. The molecule has 1 saturated heterocycles. The summed E-state index contributed by atoms with van der Waals surface area (Å²) in [6.45, 7) is 3.50. The van der Waals surface area contributed by atoms with Crippen LogP contribution in [-0.2, 0) is 0 Å². The Balaban J connectivity index is 1.70. The SMILES string of the molecule is COc1nc(N)nc(N2CCN(c3ccccc3)CC2)n1. The third-order valence-electron chi connectivity index (χ3n) is 3.49. The van der Waals surface area contributed by atoms with E-state index in [-0.39, 0.29) is 12.0 Å². The molecule has 110 valence electrons. The number of piperazine rings is 1. The average Bonchev–Trinajstić information content (AvgIpc) is 2.55. The summed E-state index contributed by atoms with van der Waals surface area (Å²) in [7, 11) is 1.52. The molecule has 0 atom stereocenters. The van der Waals surface area contributed by atoms with Crippen LogP contribution in [0.1, 0.15) is 0 Å². The molecule has 0 spiro atoms. The molecule has 1 aliphatic heterocycles. The topological polar surface area (TPSA) is 80.4 Å². The van der Waals surface area contributed by atoms with E-state index >= 15 is 0 Å². The Morgan fingerprint density at radius 2 is 1.62 bits per heavy atom. The molecule has 7 heteroatoms. The summed E-state index contributed by atoms with van der Waals surface area (Å²) >= 11 is 0. The number of hydrogen-bond donors (Lipinski definition) is 1. The number of hydrogen-bond acceptors (Lipinski definition) is 7. The van der Waals surface area contributed by atoms with E-state index in [2.05, 4.69) is 49.0 Å². The Kier molecular flexibility index (Phi) is 3.72. The molecule has 7 nitrogen and oxygen atoms in total. The van der Waals surface area contributed by atoms with Crippen LogP contribution in [0.2, 0.25) is 0 Å². The van der Waals surface area contributed by atoms with Gasteiger partial charge in [0.05, 0.1) is 7.11 Å². The molecule has 1 fully saturated rings. The number of nitrogens with zero attached hydrogens (tertiary/aromatic N) is 5. The first kappa shape index (κ1) is 13.4. The van der Waals surface area contributed by atoms with Crippen molar-refractivity contribution in [3.05, 3.63) is 30.3 Å². The fourth-order valence-electron chi connectivity index (χ4n) is 2.40. The normalized spacial score (nSPS) is 15.1. The fraction of sp³-hybridized carbons (Fsp3) is 0.357. The van der Waals surface area contributed by atoms with E-state index < -0.39 is 0 Å². The molecule has 0 amide bonds. The first-order chi connectivity index (χ1) is 10.3. The number of benzene rings is 1. The summed E-state index contributed by atoms with van der Waals surface area (Å²) in [6, 6.07) is 10.6. The summed E-state index contributed by atoms with van der Waals surface area (Å²) in [6.07, 6.45) is 0. The van der Waals surface area contributed by atoms with Gasteiger partial charge in [0.25, 0.3) is 0 Å². The maximum Gasteiger partial charge on any atom is 0.322 e. The minimum absolute atomic E-state index is 0.183. The number of anilines is 3. The van der Waals surface area contributed by atoms with Gasteiger partial charge in [0.15, 0.2) is 0 Å². The van der Waals surface area contributed by atoms with E-state index in [4.69, 9.17) is 10.5 Å². The predicted molar refractivity (Wildman–Crippen MR) is 81.7 cm³/mol. The van der Waals surface area contributed by atoms with Gasteiger partial charge in [-0.25, -0.2) is 0 Å². The molecule has 3 rings (SSSR count). The van der Waals surface area contributed by atoms with Gasteiger partial charge in [-0.15, -0.1) is 0 Å². The Labute approximate surface area is 123 Å². The van der Waals surface area contributed by atoms with E-state index in [1.54, 1.807) is 0 Å². The lowest BCUT2D eigenvalue weighted by molar-refractivity contribution is 0.378. The molecule has 2 N–H and O–H groups in total. The molecular weight excluding hydrogens is 268 g/mol. The highest BCUT2D eigenvalue weighted by Crippen LogP contribution is 2.19.